The summed E-state index contributed by atoms with van der Waals surface area (Å²) in [6.45, 7) is 0. The van der Waals surface area contributed by atoms with E-state index in [1.807, 2.05) is 58.4 Å². The number of nitro groups is 1. The van der Waals surface area contributed by atoms with E-state index in [0.717, 1.165) is 16.1 Å². The smallest absolute Gasteiger partial charge is 0.311 e. The number of carbonyl (C=O) groups excluding carboxylic acids is 1. The summed E-state index contributed by atoms with van der Waals surface area (Å²) >= 11 is 1.44. The third-order valence-electron chi connectivity index (χ3n) is 5.62. The van der Waals surface area contributed by atoms with Crippen LogP contribution in [0.4, 0.5) is 5.69 Å². The molecule has 2 heterocycles. The predicted octanol–water partition coefficient (Wildman–Crippen LogP) is 6.54. The second-order valence-electron chi connectivity index (χ2n) is 7.69. The molecule has 2 aromatic heterocycles. The number of imidazole rings is 1. The summed E-state index contributed by atoms with van der Waals surface area (Å²) in [5.74, 6) is 0.0208. The minimum absolute atomic E-state index is 0.147. The van der Waals surface area contributed by atoms with Crippen LogP contribution in [0.15, 0.2) is 90.4 Å². The monoisotopic (exact) mass is 481 g/mol. The van der Waals surface area contributed by atoms with Crippen LogP contribution in [0.2, 0.25) is 0 Å². The van der Waals surface area contributed by atoms with Crippen molar-refractivity contribution in [1.82, 2.24) is 9.38 Å². The van der Waals surface area contributed by atoms with Crippen LogP contribution in [0.1, 0.15) is 16.1 Å². The summed E-state index contributed by atoms with van der Waals surface area (Å²) < 4.78 is 6.97. The zero-order valence-electron chi connectivity index (χ0n) is 18.6. The van der Waals surface area contributed by atoms with Crippen LogP contribution < -0.4 is 4.74 Å². The van der Waals surface area contributed by atoms with E-state index in [1.54, 1.807) is 30.3 Å². The lowest BCUT2D eigenvalue weighted by molar-refractivity contribution is -0.385. The molecule has 3 aromatic carbocycles. The molecular weight excluding hydrogens is 462 g/mol. The highest BCUT2D eigenvalue weighted by atomic mass is 32.1. The Morgan fingerprint density at radius 1 is 1.03 bits per heavy atom. The summed E-state index contributed by atoms with van der Waals surface area (Å²) in [5.41, 5.74) is 4.30. The quantitative estimate of drug-likeness (QED) is 0.114. The topological polar surface area (TPSA) is 86.7 Å². The number of carbonyl (C=O) groups is 1. The predicted molar refractivity (Wildman–Crippen MR) is 137 cm³/mol. The largest absolute Gasteiger partial charge is 0.490 e. The first-order chi connectivity index (χ1) is 17.0. The van der Waals surface area contributed by atoms with Crippen molar-refractivity contribution in [2.45, 2.75) is 0 Å². The Balaban J connectivity index is 1.48. The third-order valence-corrected chi connectivity index (χ3v) is 6.37. The average molecular weight is 482 g/mol. The first-order valence-corrected chi connectivity index (χ1v) is 11.6. The van der Waals surface area contributed by atoms with Gasteiger partial charge in [0, 0.05) is 28.8 Å². The minimum Gasteiger partial charge on any atom is -0.490 e. The standard InChI is InChI=1S/C27H19N3O4S/c1-34-25-14-11-21(17-23(25)30(32)33)26-22(29-15-16-35-27(29)28-26)12-13-24(31)20-9-7-19(8-10-20)18-5-3-2-4-6-18/h2-17H,1H3. The number of methoxy groups -OCH3 is 1. The third kappa shape index (κ3) is 4.34. The number of nitro benzene ring substituents is 1. The number of allylic oxidation sites excluding steroid dienone is 1. The maximum atomic E-state index is 12.9. The van der Waals surface area contributed by atoms with E-state index >= 15 is 0 Å². The van der Waals surface area contributed by atoms with Crippen LogP contribution in [0.3, 0.4) is 0 Å². The lowest BCUT2D eigenvalue weighted by atomic mass is 10.0. The molecule has 0 fully saturated rings. The van der Waals surface area contributed by atoms with Gasteiger partial charge in [-0.2, -0.15) is 0 Å². The van der Waals surface area contributed by atoms with Crippen LogP contribution in [0, 0.1) is 10.1 Å². The number of ketones is 1. The van der Waals surface area contributed by atoms with Crippen molar-refractivity contribution < 1.29 is 14.5 Å². The molecule has 0 aliphatic carbocycles. The number of benzene rings is 3. The van der Waals surface area contributed by atoms with Crippen molar-refractivity contribution in [3.05, 3.63) is 112 Å². The Hall–Kier alpha value is -4.56. The van der Waals surface area contributed by atoms with Gasteiger partial charge in [-0.25, -0.2) is 4.98 Å². The van der Waals surface area contributed by atoms with Gasteiger partial charge in [-0.15, -0.1) is 11.3 Å². The van der Waals surface area contributed by atoms with Gasteiger partial charge in [0.2, 0.25) is 0 Å². The van der Waals surface area contributed by atoms with E-state index in [1.165, 1.54) is 30.6 Å². The van der Waals surface area contributed by atoms with Crippen LogP contribution >= 0.6 is 11.3 Å². The number of ether oxygens (including phenoxy) is 1. The van der Waals surface area contributed by atoms with Gasteiger partial charge in [0.1, 0.15) is 0 Å². The first kappa shape index (κ1) is 22.2. The van der Waals surface area contributed by atoms with E-state index in [0.29, 0.717) is 22.5 Å². The van der Waals surface area contributed by atoms with Gasteiger partial charge in [0.15, 0.2) is 16.5 Å². The summed E-state index contributed by atoms with van der Waals surface area (Å²) in [5, 5.41) is 13.4. The van der Waals surface area contributed by atoms with Crippen LogP contribution in [0.25, 0.3) is 33.4 Å². The van der Waals surface area contributed by atoms with E-state index in [2.05, 4.69) is 4.98 Å². The van der Waals surface area contributed by atoms with E-state index in [9.17, 15) is 14.9 Å². The number of rotatable bonds is 7. The zero-order chi connectivity index (χ0) is 24.4. The SMILES string of the molecule is COc1ccc(-c2nc3sccn3c2C=CC(=O)c2ccc(-c3ccccc3)cc2)cc1[N+](=O)[O-]. The molecule has 5 aromatic rings. The molecule has 0 unspecified atom stereocenters. The second-order valence-corrected chi connectivity index (χ2v) is 8.56. The number of fused-ring (bicyclic) bond motifs is 1. The van der Waals surface area contributed by atoms with Crippen molar-refractivity contribution in [2.24, 2.45) is 0 Å². The molecule has 0 saturated carbocycles. The number of thiazole rings is 1. The molecule has 0 radical (unpaired) electrons. The molecule has 0 saturated heterocycles. The first-order valence-electron chi connectivity index (χ1n) is 10.7. The summed E-state index contributed by atoms with van der Waals surface area (Å²) in [6.07, 6.45) is 5.05. The molecule has 0 atom stereocenters. The molecule has 0 spiro atoms. The van der Waals surface area contributed by atoms with Crippen LogP contribution in [0.5, 0.6) is 5.75 Å². The molecule has 172 valence electrons. The fourth-order valence-corrected chi connectivity index (χ4v) is 4.58. The van der Waals surface area contributed by atoms with Gasteiger partial charge in [-0.05, 0) is 35.4 Å². The highest BCUT2D eigenvalue weighted by Gasteiger charge is 2.20. The highest BCUT2D eigenvalue weighted by Crippen LogP contribution is 2.34. The van der Waals surface area contributed by atoms with Crippen molar-refractivity contribution >= 4 is 33.8 Å². The van der Waals surface area contributed by atoms with Gasteiger partial charge in [0.05, 0.1) is 23.4 Å². The Labute approximate surface area is 204 Å². The molecule has 8 heteroatoms. The second kappa shape index (κ2) is 9.36. The lowest BCUT2D eigenvalue weighted by Crippen LogP contribution is -1.96. The fraction of sp³-hybridized carbons (Fsp3) is 0.0370. The summed E-state index contributed by atoms with van der Waals surface area (Å²) in [4.78, 5) is 29.3. The van der Waals surface area contributed by atoms with E-state index in [-0.39, 0.29) is 17.2 Å². The molecule has 5 rings (SSSR count). The molecule has 0 bridgehead atoms. The minimum atomic E-state index is -0.487. The number of hydrogen-bond acceptors (Lipinski definition) is 6. The summed E-state index contributed by atoms with van der Waals surface area (Å²) in [6, 6.07) is 22.1. The molecule has 35 heavy (non-hydrogen) atoms. The summed E-state index contributed by atoms with van der Waals surface area (Å²) in [7, 11) is 1.39. The van der Waals surface area contributed by atoms with Crippen molar-refractivity contribution in [3.63, 3.8) is 0 Å². The van der Waals surface area contributed by atoms with Crippen LogP contribution in [-0.2, 0) is 0 Å². The van der Waals surface area contributed by atoms with E-state index < -0.39 is 4.92 Å². The Kier molecular flexibility index (Phi) is 5.95. The normalized spacial score (nSPS) is 11.2. The molecule has 0 amide bonds. The maximum absolute atomic E-state index is 12.9. The Bertz CT molecular complexity index is 1570. The van der Waals surface area contributed by atoms with Gasteiger partial charge >= 0.3 is 5.69 Å². The molecule has 0 aliphatic rings. The number of aromatic nitrogens is 2. The Morgan fingerprint density at radius 2 is 1.74 bits per heavy atom. The van der Waals surface area contributed by atoms with E-state index in [4.69, 9.17) is 4.74 Å². The fourth-order valence-electron chi connectivity index (χ4n) is 3.86. The van der Waals surface area contributed by atoms with Crippen LogP contribution in [-0.4, -0.2) is 27.2 Å². The number of hydrogen-bond donors (Lipinski definition) is 0. The van der Waals surface area contributed by atoms with Gasteiger partial charge in [0.25, 0.3) is 0 Å². The van der Waals surface area contributed by atoms with Gasteiger partial charge in [-0.3, -0.25) is 19.3 Å². The average Bonchev–Trinajstić information content (AvgIpc) is 3.49. The maximum Gasteiger partial charge on any atom is 0.311 e. The Morgan fingerprint density at radius 3 is 2.46 bits per heavy atom. The molecular formula is C27H19N3O4S. The van der Waals surface area contributed by atoms with Crippen molar-refractivity contribution in [1.29, 1.82) is 0 Å². The molecule has 0 aliphatic heterocycles. The zero-order valence-corrected chi connectivity index (χ0v) is 19.4. The number of nitrogens with zero attached hydrogens (tertiary/aromatic N) is 3. The highest BCUT2D eigenvalue weighted by molar-refractivity contribution is 7.15. The van der Waals surface area contributed by atoms with Gasteiger partial charge < -0.3 is 4.74 Å². The molecule has 0 N–H and O–H groups in total. The lowest BCUT2D eigenvalue weighted by Gasteiger charge is -2.05. The molecule has 7 nitrogen and oxygen atoms in total. The van der Waals surface area contributed by atoms with Gasteiger partial charge in [-0.1, -0.05) is 54.6 Å². The van der Waals surface area contributed by atoms with Crippen molar-refractivity contribution in [3.8, 4) is 28.1 Å². The van der Waals surface area contributed by atoms with Crippen molar-refractivity contribution in [2.75, 3.05) is 7.11 Å².